The molecule has 0 N–H and O–H groups in total. The van der Waals surface area contributed by atoms with Crippen LogP contribution in [-0.2, 0) is 10.1 Å². The van der Waals surface area contributed by atoms with Crippen LogP contribution >= 0.6 is 0 Å². The molecule has 2 rings (SSSR count). The number of rotatable bonds is 4. The minimum absolute atomic E-state index is 0.0640. The van der Waals surface area contributed by atoms with Gasteiger partial charge in [-0.2, -0.15) is 0 Å². The van der Waals surface area contributed by atoms with Gasteiger partial charge in [0.25, 0.3) is 0 Å². The topological polar surface area (TPSA) is 0 Å². The second-order valence-corrected chi connectivity index (χ2v) is 16.2. The summed E-state index contributed by atoms with van der Waals surface area (Å²) in [5.74, 6) is 0. The third kappa shape index (κ3) is 4.09. The first kappa shape index (κ1) is 18.3. The van der Waals surface area contributed by atoms with Gasteiger partial charge in [-0.15, -0.1) is 0 Å². The molecule has 0 aliphatic heterocycles. The normalized spacial score (nSPS) is 15.3. The van der Waals surface area contributed by atoms with Gasteiger partial charge in [-0.1, -0.05) is 0 Å². The van der Waals surface area contributed by atoms with Crippen molar-refractivity contribution < 1.29 is 13.2 Å². The number of hydrogen-bond acceptors (Lipinski definition) is 0. The van der Waals surface area contributed by atoms with Crippen molar-refractivity contribution >= 4 is 27.5 Å². The molecule has 0 saturated heterocycles. The van der Waals surface area contributed by atoms with Crippen LogP contribution in [0.3, 0.4) is 0 Å². The molecule has 23 heavy (non-hydrogen) atoms. The Hall–Kier alpha value is -1.03. The predicted molar refractivity (Wildman–Crippen MR) is 94.0 cm³/mol. The van der Waals surface area contributed by atoms with Crippen LogP contribution in [0.2, 0.25) is 19.6 Å². The van der Waals surface area contributed by atoms with E-state index in [4.69, 9.17) is 0 Å². The molecule has 124 valence electrons. The van der Waals surface area contributed by atoms with Crippen LogP contribution in [0.5, 0.6) is 0 Å². The second kappa shape index (κ2) is 6.46. The van der Waals surface area contributed by atoms with Crippen LogP contribution in [0.1, 0.15) is 18.1 Å². The Balaban J connectivity index is 2.45. The first-order valence-corrected chi connectivity index (χ1v) is 12.7. The van der Waals surface area contributed by atoms with Gasteiger partial charge >= 0.3 is 143 Å². The Morgan fingerprint density at radius 2 is 1.39 bits per heavy atom. The van der Waals surface area contributed by atoms with Crippen molar-refractivity contribution in [2.24, 2.45) is 0 Å². The molecule has 2 aromatic carbocycles. The van der Waals surface area contributed by atoms with Crippen LogP contribution in [0.4, 0.5) is 13.2 Å². The zero-order valence-corrected chi connectivity index (χ0v) is 16.5. The van der Waals surface area contributed by atoms with Gasteiger partial charge in [0.1, 0.15) is 0 Å². The van der Waals surface area contributed by atoms with Crippen LogP contribution in [-0.4, -0.2) is 23.0 Å². The third-order valence-electron chi connectivity index (χ3n) is 4.24. The van der Waals surface area contributed by atoms with Crippen molar-refractivity contribution in [1.82, 2.24) is 0 Å². The summed E-state index contributed by atoms with van der Waals surface area (Å²) in [6.45, 7) is 9.08. The number of hydrogen-bond donors (Lipinski definition) is 0. The van der Waals surface area contributed by atoms with Crippen LogP contribution in [0.25, 0.3) is 0 Å². The second-order valence-electron chi connectivity index (χ2n) is 6.78. The summed E-state index contributed by atoms with van der Waals surface area (Å²) in [6, 6.07) is 16.0. The van der Waals surface area contributed by atoms with Crippen molar-refractivity contribution in [1.29, 1.82) is 0 Å². The van der Waals surface area contributed by atoms with E-state index in [-0.39, 0.29) is 18.9 Å². The van der Waals surface area contributed by atoms with E-state index in [0.29, 0.717) is 0 Å². The minimum atomic E-state index is -4.28. The molecule has 0 heterocycles. The summed E-state index contributed by atoms with van der Waals surface area (Å²) < 4.78 is 39.7. The molecule has 0 amide bonds. The van der Waals surface area contributed by atoms with Crippen molar-refractivity contribution in [3.63, 3.8) is 0 Å². The standard InChI is InChI=1S/C18H21F3SeSi/c1-17(23(2,3)4,14-9-6-5-7-10-14)22-16-12-8-11-15(13-16)18(19,20)21/h5-13H,1-4H3. The van der Waals surface area contributed by atoms with E-state index in [1.165, 1.54) is 17.7 Å². The molecular weight excluding hydrogens is 380 g/mol. The summed E-state index contributed by atoms with van der Waals surface area (Å²) in [5.41, 5.74) is 0.680. The van der Waals surface area contributed by atoms with E-state index < -0.39 is 19.8 Å². The monoisotopic (exact) mass is 402 g/mol. The third-order valence-corrected chi connectivity index (χ3v) is 14.2. The molecule has 0 spiro atoms. The van der Waals surface area contributed by atoms with E-state index in [1.54, 1.807) is 0 Å². The molecule has 0 fully saturated rings. The Labute approximate surface area is 143 Å². The Bertz CT molecular complexity index is 662. The maximum atomic E-state index is 13.0. The van der Waals surface area contributed by atoms with Gasteiger partial charge in [0.2, 0.25) is 0 Å². The van der Waals surface area contributed by atoms with Crippen molar-refractivity contribution in [2.45, 2.75) is 36.7 Å². The zero-order chi connectivity index (χ0) is 17.3. The SMILES string of the molecule is CC([Se]c1cccc(C(F)(F)F)c1)(c1ccccc1)[Si](C)(C)C. The number of halogens is 3. The Kier molecular flexibility index (Phi) is 5.14. The van der Waals surface area contributed by atoms with Gasteiger partial charge < -0.3 is 0 Å². The fourth-order valence-corrected chi connectivity index (χ4v) is 8.47. The predicted octanol–water partition coefficient (Wildman–Crippen LogP) is 4.83. The summed E-state index contributed by atoms with van der Waals surface area (Å²) in [6.07, 6.45) is -4.28. The molecule has 0 aliphatic rings. The quantitative estimate of drug-likeness (QED) is 0.644. The molecule has 0 aromatic heterocycles. The fourth-order valence-electron chi connectivity index (χ4n) is 2.37. The average Bonchev–Trinajstić information content (AvgIpc) is 2.46. The Morgan fingerprint density at radius 3 is 1.91 bits per heavy atom. The summed E-state index contributed by atoms with van der Waals surface area (Å²) in [5, 5.41) is 0. The van der Waals surface area contributed by atoms with Gasteiger partial charge in [-0.3, -0.25) is 0 Å². The van der Waals surface area contributed by atoms with Crippen molar-refractivity contribution in [3.05, 3.63) is 65.7 Å². The van der Waals surface area contributed by atoms with E-state index in [2.05, 4.69) is 38.7 Å². The molecule has 0 nitrogen and oxygen atoms in total. The molecule has 0 bridgehead atoms. The van der Waals surface area contributed by atoms with Crippen molar-refractivity contribution in [2.75, 3.05) is 0 Å². The van der Waals surface area contributed by atoms with Gasteiger partial charge in [-0.05, 0) is 0 Å². The summed E-state index contributed by atoms with van der Waals surface area (Å²) in [4.78, 5) is 0. The van der Waals surface area contributed by atoms with E-state index in [9.17, 15) is 13.2 Å². The van der Waals surface area contributed by atoms with E-state index in [0.717, 1.165) is 10.5 Å². The van der Waals surface area contributed by atoms with Crippen LogP contribution in [0.15, 0.2) is 54.6 Å². The van der Waals surface area contributed by atoms with E-state index in [1.807, 2.05) is 24.3 Å². The average molecular weight is 401 g/mol. The molecule has 1 atom stereocenters. The molecule has 1 unspecified atom stereocenters. The van der Waals surface area contributed by atoms with Gasteiger partial charge in [0.05, 0.1) is 0 Å². The van der Waals surface area contributed by atoms with Crippen LogP contribution in [0, 0.1) is 0 Å². The molecule has 0 saturated carbocycles. The summed E-state index contributed by atoms with van der Waals surface area (Å²) in [7, 11) is -1.65. The maximum absolute atomic E-state index is 13.0. The molecule has 5 heteroatoms. The fraction of sp³-hybridized carbons (Fsp3) is 0.333. The zero-order valence-electron chi connectivity index (χ0n) is 13.7. The first-order valence-electron chi connectivity index (χ1n) is 7.46. The van der Waals surface area contributed by atoms with E-state index >= 15 is 0 Å². The first-order chi connectivity index (χ1) is 10.5. The van der Waals surface area contributed by atoms with Gasteiger partial charge in [0.15, 0.2) is 0 Å². The number of benzene rings is 2. The van der Waals surface area contributed by atoms with Gasteiger partial charge in [0, 0.05) is 0 Å². The molecular formula is C18H21F3SeSi. The Morgan fingerprint density at radius 1 is 0.826 bits per heavy atom. The number of alkyl halides is 3. The van der Waals surface area contributed by atoms with Crippen LogP contribution < -0.4 is 4.46 Å². The van der Waals surface area contributed by atoms with Gasteiger partial charge in [-0.25, -0.2) is 0 Å². The molecule has 0 radical (unpaired) electrons. The molecule has 0 aliphatic carbocycles. The van der Waals surface area contributed by atoms with Crippen molar-refractivity contribution in [3.8, 4) is 0 Å². The summed E-state index contributed by atoms with van der Waals surface area (Å²) >= 11 is -0.0694. The molecule has 2 aromatic rings.